The first-order valence-electron chi connectivity index (χ1n) is 9.40. The van der Waals surface area contributed by atoms with E-state index in [2.05, 4.69) is 59.1 Å². The smallest absolute Gasteiger partial charge is 0.224 e. The van der Waals surface area contributed by atoms with Gasteiger partial charge in [0.15, 0.2) is 5.96 Å². The van der Waals surface area contributed by atoms with Gasteiger partial charge in [0, 0.05) is 38.4 Å². The number of aryl methyl sites for hydroxylation is 1. The van der Waals surface area contributed by atoms with Gasteiger partial charge in [0.05, 0.1) is 12.0 Å². The van der Waals surface area contributed by atoms with Crippen LogP contribution in [-0.2, 0) is 4.79 Å². The molecule has 6 nitrogen and oxygen atoms in total. The van der Waals surface area contributed by atoms with E-state index in [1.54, 1.807) is 0 Å². The number of piperazine rings is 1. The zero-order valence-corrected chi connectivity index (χ0v) is 16.8. The van der Waals surface area contributed by atoms with Crippen molar-refractivity contribution >= 4 is 17.6 Å². The molecule has 0 aliphatic carbocycles. The summed E-state index contributed by atoms with van der Waals surface area (Å²) in [5.41, 5.74) is 8.83. The Morgan fingerprint density at radius 3 is 2.46 bits per heavy atom. The summed E-state index contributed by atoms with van der Waals surface area (Å²) >= 11 is 0. The Labute approximate surface area is 157 Å². The molecule has 0 atom stereocenters. The molecule has 1 heterocycles. The number of hydrogen-bond acceptors (Lipinski definition) is 3. The number of benzene rings is 1. The van der Waals surface area contributed by atoms with E-state index >= 15 is 0 Å². The van der Waals surface area contributed by atoms with Crippen LogP contribution in [0.2, 0.25) is 0 Å². The molecule has 0 radical (unpaired) electrons. The Balaban J connectivity index is 2.05. The van der Waals surface area contributed by atoms with Gasteiger partial charge in [0.25, 0.3) is 0 Å². The third-order valence-corrected chi connectivity index (χ3v) is 5.12. The highest BCUT2D eigenvalue weighted by atomic mass is 16.1. The molecule has 0 bridgehead atoms. The molecule has 1 amide bonds. The molecule has 2 rings (SSSR count). The Hall–Kier alpha value is -2.24. The fourth-order valence-electron chi connectivity index (χ4n) is 3.01. The zero-order chi connectivity index (χ0) is 19.3. The maximum atomic E-state index is 11.5. The average molecular weight is 360 g/mol. The lowest BCUT2D eigenvalue weighted by Gasteiger charge is -2.38. The fraction of sp³-hybridized carbons (Fsp3) is 0.600. The van der Waals surface area contributed by atoms with Crippen molar-refractivity contribution in [1.82, 2.24) is 10.2 Å². The number of rotatable bonds is 5. The van der Waals surface area contributed by atoms with Crippen LogP contribution in [0.25, 0.3) is 0 Å². The number of primary amides is 1. The number of amides is 1. The number of carbonyl (C=O) groups excluding carboxylic acids is 1. The molecule has 1 saturated heterocycles. The highest BCUT2D eigenvalue weighted by Crippen LogP contribution is 2.24. The van der Waals surface area contributed by atoms with Crippen molar-refractivity contribution in [2.45, 2.75) is 34.6 Å². The first-order valence-corrected chi connectivity index (χ1v) is 9.40. The summed E-state index contributed by atoms with van der Waals surface area (Å²) in [6.45, 7) is 15.0. The second kappa shape index (κ2) is 8.43. The van der Waals surface area contributed by atoms with Crippen molar-refractivity contribution in [2.24, 2.45) is 16.1 Å². The van der Waals surface area contributed by atoms with Crippen LogP contribution in [-0.4, -0.2) is 56.0 Å². The molecule has 3 N–H and O–H groups in total. The molecule has 1 fully saturated rings. The van der Waals surface area contributed by atoms with Crippen LogP contribution >= 0.6 is 0 Å². The van der Waals surface area contributed by atoms with Gasteiger partial charge in [-0.1, -0.05) is 12.1 Å². The standard InChI is InChI=1S/C20H33N5O/c1-6-22-19(23-14-20(4,5)18(21)26)25-12-10-24(11-13-25)17-9-7-8-15(2)16(17)3/h7-9H,6,10-14H2,1-5H3,(H2,21,26)(H,22,23). The average Bonchev–Trinajstić information content (AvgIpc) is 2.61. The van der Waals surface area contributed by atoms with E-state index in [0.717, 1.165) is 38.7 Å². The van der Waals surface area contributed by atoms with Gasteiger partial charge in [-0.05, 0) is 51.8 Å². The lowest BCUT2D eigenvalue weighted by Crippen LogP contribution is -2.53. The summed E-state index contributed by atoms with van der Waals surface area (Å²) in [6, 6.07) is 6.49. The van der Waals surface area contributed by atoms with Crippen molar-refractivity contribution in [1.29, 1.82) is 0 Å². The van der Waals surface area contributed by atoms with Gasteiger partial charge in [0.1, 0.15) is 0 Å². The highest BCUT2D eigenvalue weighted by molar-refractivity contribution is 5.83. The molecule has 26 heavy (non-hydrogen) atoms. The van der Waals surface area contributed by atoms with Crippen molar-refractivity contribution in [2.75, 3.05) is 44.2 Å². The maximum Gasteiger partial charge on any atom is 0.224 e. The van der Waals surface area contributed by atoms with Gasteiger partial charge in [-0.15, -0.1) is 0 Å². The number of guanidine groups is 1. The largest absolute Gasteiger partial charge is 0.369 e. The lowest BCUT2D eigenvalue weighted by atomic mass is 9.93. The van der Waals surface area contributed by atoms with Crippen LogP contribution in [0.4, 0.5) is 5.69 Å². The maximum absolute atomic E-state index is 11.5. The molecular weight excluding hydrogens is 326 g/mol. The van der Waals surface area contributed by atoms with Crippen LogP contribution in [0.5, 0.6) is 0 Å². The minimum atomic E-state index is -0.638. The van der Waals surface area contributed by atoms with Gasteiger partial charge in [-0.2, -0.15) is 0 Å². The number of nitrogens with one attached hydrogen (secondary N) is 1. The topological polar surface area (TPSA) is 74.0 Å². The quantitative estimate of drug-likeness (QED) is 0.622. The lowest BCUT2D eigenvalue weighted by molar-refractivity contribution is -0.125. The summed E-state index contributed by atoms with van der Waals surface area (Å²) < 4.78 is 0. The Bertz CT molecular complexity index is 660. The summed E-state index contributed by atoms with van der Waals surface area (Å²) in [5, 5.41) is 3.34. The van der Waals surface area contributed by atoms with E-state index in [4.69, 9.17) is 5.73 Å². The van der Waals surface area contributed by atoms with Gasteiger partial charge >= 0.3 is 0 Å². The molecule has 1 aromatic carbocycles. The number of aliphatic imine (C=N–C) groups is 1. The minimum absolute atomic E-state index is 0.322. The molecule has 144 valence electrons. The Morgan fingerprint density at radius 2 is 1.88 bits per heavy atom. The molecule has 1 aliphatic heterocycles. The summed E-state index contributed by atoms with van der Waals surface area (Å²) in [4.78, 5) is 20.9. The minimum Gasteiger partial charge on any atom is -0.369 e. The number of nitrogens with two attached hydrogens (primary N) is 1. The van der Waals surface area contributed by atoms with Crippen LogP contribution in [0, 0.1) is 19.3 Å². The predicted octanol–water partition coefficient (Wildman–Crippen LogP) is 1.90. The van der Waals surface area contributed by atoms with Gasteiger partial charge in [-0.25, -0.2) is 0 Å². The predicted molar refractivity (Wildman–Crippen MR) is 109 cm³/mol. The van der Waals surface area contributed by atoms with Gasteiger partial charge < -0.3 is 20.9 Å². The molecule has 1 aliphatic rings. The number of anilines is 1. The third-order valence-electron chi connectivity index (χ3n) is 5.12. The van der Waals surface area contributed by atoms with E-state index in [9.17, 15) is 4.79 Å². The summed E-state index contributed by atoms with van der Waals surface area (Å²) in [5.74, 6) is 0.541. The van der Waals surface area contributed by atoms with E-state index in [-0.39, 0.29) is 5.91 Å². The van der Waals surface area contributed by atoms with Crippen molar-refractivity contribution in [3.63, 3.8) is 0 Å². The fourth-order valence-corrected chi connectivity index (χ4v) is 3.01. The second-order valence-electron chi connectivity index (χ2n) is 7.61. The normalized spacial score (nSPS) is 16.0. The summed E-state index contributed by atoms with van der Waals surface area (Å²) in [6.07, 6.45) is 0. The highest BCUT2D eigenvalue weighted by Gasteiger charge is 2.26. The molecule has 6 heteroatoms. The molecule has 1 aromatic rings. The van der Waals surface area contributed by atoms with E-state index in [0.29, 0.717) is 6.54 Å². The van der Waals surface area contributed by atoms with Crippen molar-refractivity contribution in [3.8, 4) is 0 Å². The Morgan fingerprint density at radius 1 is 1.23 bits per heavy atom. The van der Waals surface area contributed by atoms with E-state index in [1.165, 1.54) is 16.8 Å². The van der Waals surface area contributed by atoms with E-state index in [1.807, 2.05) is 13.8 Å². The first-order chi connectivity index (χ1) is 12.3. The molecular formula is C20H33N5O. The molecule has 0 aromatic heterocycles. The molecule has 0 saturated carbocycles. The molecule has 0 spiro atoms. The van der Waals surface area contributed by atoms with Crippen molar-refractivity contribution in [3.05, 3.63) is 29.3 Å². The van der Waals surface area contributed by atoms with Gasteiger partial charge in [0.2, 0.25) is 5.91 Å². The number of nitrogens with zero attached hydrogens (tertiary/aromatic N) is 3. The summed E-state index contributed by atoms with van der Waals surface area (Å²) in [7, 11) is 0. The van der Waals surface area contributed by atoms with Crippen LogP contribution in [0.15, 0.2) is 23.2 Å². The Kier molecular flexibility index (Phi) is 6.51. The van der Waals surface area contributed by atoms with E-state index < -0.39 is 5.41 Å². The first kappa shape index (κ1) is 20.1. The number of carbonyl (C=O) groups is 1. The third kappa shape index (κ3) is 4.68. The second-order valence-corrected chi connectivity index (χ2v) is 7.61. The van der Waals surface area contributed by atoms with Crippen LogP contribution < -0.4 is 16.0 Å². The van der Waals surface area contributed by atoms with Crippen molar-refractivity contribution < 1.29 is 4.79 Å². The zero-order valence-electron chi connectivity index (χ0n) is 16.8. The van der Waals surface area contributed by atoms with Crippen LogP contribution in [0.1, 0.15) is 31.9 Å². The number of hydrogen-bond donors (Lipinski definition) is 2. The van der Waals surface area contributed by atoms with Crippen LogP contribution in [0.3, 0.4) is 0 Å². The van der Waals surface area contributed by atoms with Gasteiger partial charge in [-0.3, -0.25) is 9.79 Å². The SMILES string of the molecule is CCNC(=NCC(C)(C)C(N)=O)N1CCN(c2cccc(C)c2C)CC1. The molecule has 0 unspecified atom stereocenters. The monoisotopic (exact) mass is 359 g/mol.